The van der Waals surface area contributed by atoms with E-state index in [-0.39, 0.29) is 17.4 Å². The van der Waals surface area contributed by atoms with Crippen LogP contribution in [0.3, 0.4) is 0 Å². The first-order chi connectivity index (χ1) is 14.0. The molecule has 0 fully saturated rings. The third-order valence-electron chi connectivity index (χ3n) is 4.86. The van der Waals surface area contributed by atoms with Gasteiger partial charge in [-0.3, -0.25) is 14.2 Å². The molecule has 0 aliphatic carbocycles. The number of nitrogens with one attached hydrogen (secondary N) is 2. The van der Waals surface area contributed by atoms with Gasteiger partial charge in [-0.15, -0.1) is 11.3 Å². The van der Waals surface area contributed by atoms with Crippen LogP contribution in [0.25, 0.3) is 21.1 Å². The lowest BCUT2D eigenvalue weighted by atomic mass is 10.1. The molecule has 148 valence electrons. The average molecular weight is 425 g/mol. The summed E-state index contributed by atoms with van der Waals surface area (Å²) in [5.41, 5.74) is 1.88. The van der Waals surface area contributed by atoms with Gasteiger partial charge >= 0.3 is 0 Å². The van der Waals surface area contributed by atoms with Gasteiger partial charge in [0.1, 0.15) is 0 Å². The van der Waals surface area contributed by atoms with Crippen molar-refractivity contribution in [1.29, 1.82) is 0 Å². The molecule has 2 N–H and O–H groups in total. The molecule has 4 aromatic rings. The Morgan fingerprint density at radius 1 is 1.31 bits per heavy atom. The number of amides is 1. The number of hydrogen-bond acceptors (Lipinski definition) is 5. The highest BCUT2D eigenvalue weighted by atomic mass is 32.1. The van der Waals surface area contributed by atoms with E-state index in [9.17, 15) is 9.59 Å². The Labute approximate surface area is 176 Å². The highest BCUT2D eigenvalue weighted by molar-refractivity contribution is 7.71. The molecule has 6 nitrogen and oxygen atoms in total. The molecule has 0 spiro atoms. The molecule has 1 amide bonds. The van der Waals surface area contributed by atoms with Crippen LogP contribution in [0.15, 0.2) is 47.3 Å². The maximum Gasteiger partial charge on any atom is 0.262 e. The van der Waals surface area contributed by atoms with Gasteiger partial charge in [-0.1, -0.05) is 19.1 Å². The highest BCUT2D eigenvalue weighted by Crippen LogP contribution is 2.26. The summed E-state index contributed by atoms with van der Waals surface area (Å²) >= 11 is 6.89. The van der Waals surface area contributed by atoms with Gasteiger partial charge in [0.05, 0.1) is 26.1 Å². The van der Waals surface area contributed by atoms with Gasteiger partial charge in [0.15, 0.2) is 4.77 Å². The summed E-state index contributed by atoms with van der Waals surface area (Å²) in [5.74, 6) is -0.0989. The van der Waals surface area contributed by atoms with Crippen LogP contribution in [0.4, 0.5) is 0 Å². The number of carbonyl (C=O) groups excluding carboxylic acids is 1. The first kappa shape index (κ1) is 19.5. The van der Waals surface area contributed by atoms with Crippen molar-refractivity contribution in [2.75, 3.05) is 6.54 Å². The van der Waals surface area contributed by atoms with Crippen LogP contribution >= 0.6 is 23.6 Å². The van der Waals surface area contributed by atoms with E-state index in [0.717, 1.165) is 15.2 Å². The molecule has 1 atom stereocenters. The number of nitrogens with zero attached hydrogens (tertiary/aromatic N) is 2. The summed E-state index contributed by atoms with van der Waals surface area (Å²) < 4.78 is 2.99. The van der Waals surface area contributed by atoms with Gasteiger partial charge in [0.2, 0.25) is 0 Å². The first-order valence-corrected chi connectivity index (χ1v) is 10.6. The second-order valence-electron chi connectivity index (χ2n) is 6.87. The molecule has 0 aliphatic rings. The molecule has 0 bridgehead atoms. The second kappa shape index (κ2) is 7.88. The Hall–Kier alpha value is -2.84. The molecule has 2 heterocycles. The van der Waals surface area contributed by atoms with E-state index in [0.29, 0.717) is 34.3 Å². The summed E-state index contributed by atoms with van der Waals surface area (Å²) in [6.07, 6.45) is 0. The van der Waals surface area contributed by atoms with Gasteiger partial charge in [0, 0.05) is 24.6 Å². The third-order valence-corrected chi connectivity index (χ3v) is 6.45. The molecule has 8 heteroatoms. The molecule has 1 unspecified atom stereocenters. The molecular formula is C21H20N4O2S2. The minimum Gasteiger partial charge on any atom is -0.351 e. The molecule has 2 aromatic carbocycles. The lowest BCUT2D eigenvalue weighted by Gasteiger charge is -2.11. The van der Waals surface area contributed by atoms with Crippen molar-refractivity contribution in [3.05, 3.63) is 68.2 Å². The molecule has 0 radical (unpaired) electrons. The molecule has 4 rings (SSSR count). The molecule has 0 saturated heterocycles. The highest BCUT2D eigenvalue weighted by Gasteiger charge is 2.14. The number of H-pyrrole nitrogens is 1. The summed E-state index contributed by atoms with van der Waals surface area (Å²) in [6.45, 7) is 4.88. The predicted molar refractivity (Wildman–Crippen MR) is 119 cm³/mol. The zero-order valence-electron chi connectivity index (χ0n) is 16.1. The number of thiazole rings is 1. The van der Waals surface area contributed by atoms with Gasteiger partial charge in [-0.25, -0.2) is 4.98 Å². The fourth-order valence-electron chi connectivity index (χ4n) is 3.22. The van der Waals surface area contributed by atoms with Crippen molar-refractivity contribution in [1.82, 2.24) is 19.9 Å². The summed E-state index contributed by atoms with van der Waals surface area (Å²) in [6, 6.07) is 13.0. The van der Waals surface area contributed by atoms with Gasteiger partial charge in [0.25, 0.3) is 11.5 Å². The smallest absolute Gasteiger partial charge is 0.262 e. The van der Waals surface area contributed by atoms with Crippen molar-refractivity contribution in [2.24, 2.45) is 0 Å². The lowest BCUT2D eigenvalue weighted by Crippen LogP contribution is -2.27. The van der Waals surface area contributed by atoms with Crippen molar-refractivity contribution >= 4 is 50.6 Å². The van der Waals surface area contributed by atoms with Crippen LogP contribution in [-0.4, -0.2) is 27.0 Å². The van der Waals surface area contributed by atoms with Gasteiger partial charge in [-0.2, -0.15) is 0 Å². The Balaban J connectivity index is 1.52. The number of hydrogen-bond donors (Lipinski definition) is 2. The van der Waals surface area contributed by atoms with E-state index in [1.54, 1.807) is 29.5 Å². The molecule has 0 saturated carbocycles. The van der Waals surface area contributed by atoms with E-state index >= 15 is 0 Å². The van der Waals surface area contributed by atoms with E-state index in [1.165, 1.54) is 4.57 Å². The van der Waals surface area contributed by atoms with Crippen LogP contribution in [0.1, 0.15) is 35.1 Å². The maximum atomic E-state index is 12.6. The van der Waals surface area contributed by atoms with Crippen LogP contribution in [0, 0.1) is 4.77 Å². The second-order valence-corrected chi connectivity index (χ2v) is 8.32. The van der Waals surface area contributed by atoms with Crippen molar-refractivity contribution < 1.29 is 4.79 Å². The first-order valence-electron chi connectivity index (χ1n) is 9.38. The van der Waals surface area contributed by atoms with E-state index < -0.39 is 0 Å². The SMILES string of the molecule is CCn1c(=S)[nH]c2cc(C(=O)NCC(C)c3nc4ccccc4s3)ccc2c1=O. The fraction of sp³-hybridized carbons (Fsp3) is 0.238. The normalized spacial score (nSPS) is 12.3. The number of fused-ring (bicyclic) bond motifs is 2. The van der Waals surface area contributed by atoms with Crippen molar-refractivity contribution in [2.45, 2.75) is 26.3 Å². The minimum absolute atomic E-state index is 0.0966. The predicted octanol–water partition coefficient (Wildman–Crippen LogP) is 4.22. The lowest BCUT2D eigenvalue weighted by molar-refractivity contribution is 0.0952. The van der Waals surface area contributed by atoms with E-state index in [1.807, 2.05) is 38.1 Å². The van der Waals surface area contributed by atoms with Crippen LogP contribution in [0.2, 0.25) is 0 Å². The largest absolute Gasteiger partial charge is 0.351 e. The number of aromatic nitrogens is 3. The van der Waals surface area contributed by atoms with E-state index in [4.69, 9.17) is 12.2 Å². The van der Waals surface area contributed by atoms with Gasteiger partial charge < -0.3 is 10.3 Å². The molecule has 29 heavy (non-hydrogen) atoms. The number of benzene rings is 2. The van der Waals surface area contributed by atoms with Crippen molar-refractivity contribution in [3.8, 4) is 0 Å². The fourth-order valence-corrected chi connectivity index (χ4v) is 4.56. The summed E-state index contributed by atoms with van der Waals surface area (Å²) in [4.78, 5) is 32.8. The Morgan fingerprint density at radius 2 is 2.10 bits per heavy atom. The van der Waals surface area contributed by atoms with E-state index in [2.05, 4.69) is 15.3 Å². The number of carbonyl (C=O) groups is 1. The van der Waals surface area contributed by atoms with Crippen LogP contribution < -0.4 is 10.9 Å². The van der Waals surface area contributed by atoms with Crippen LogP contribution in [-0.2, 0) is 6.54 Å². The number of para-hydroxylation sites is 1. The Bertz CT molecular complexity index is 1300. The molecule has 0 aliphatic heterocycles. The topological polar surface area (TPSA) is 79.8 Å². The monoisotopic (exact) mass is 424 g/mol. The van der Waals surface area contributed by atoms with Crippen LogP contribution in [0.5, 0.6) is 0 Å². The van der Waals surface area contributed by atoms with Crippen molar-refractivity contribution in [3.63, 3.8) is 0 Å². The summed E-state index contributed by atoms with van der Waals surface area (Å²) in [7, 11) is 0. The average Bonchev–Trinajstić information content (AvgIpc) is 3.16. The number of aromatic amines is 1. The maximum absolute atomic E-state index is 12.6. The molecule has 2 aromatic heterocycles. The standard InChI is InChI=1S/C21H20N4O2S2/c1-3-25-20(27)14-9-8-13(10-16(14)24-21(25)28)18(26)22-11-12(2)19-23-15-6-4-5-7-17(15)29-19/h4-10,12H,3,11H2,1-2H3,(H,22,26)(H,24,28). The minimum atomic E-state index is -0.196. The summed E-state index contributed by atoms with van der Waals surface area (Å²) in [5, 5.41) is 4.47. The zero-order chi connectivity index (χ0) is 20.5. The zero-order valence-corrected chi connectivity index (χ0v) is 17.7. The van der Waals surface area contributed by atoms with Gasteiger partial charge in [-0.05, 0) is 49.5 Å². The number of rotatable bonds is 5. The molecular weight excluding hydrogens is 404 g/mol. The Kier molecular flexibility index (Phi) is 5.29. The third kappa shape index (κ3) is 3.73. The Morgan fingerprint density at radius 3 is 2.86 bits per heavy atom. The quantitative estimate of drug-likeness (QED) is 0.470.